The van der Waals surface area contributed by atoms with Crippen LogP contribution in [0.5, 0.6) is 0 Å². The molecule has 1 aliphatic rings. The van der Waals surface area contributed by atoms with E-state index in [1.54, 1.807) is 13.8 Å². The molecule has 1 saturated heterocycles. The fourth-order valence-electron chi connectivity index (χ4n) is 2.96. The molecule has 0 radical (unpaired) electrons. The van der Waals surface area contributed by atoms with Crippen molar-refractivity contribution in [1.29, 1.82) is 0 Å². The Balaban J connectivity index is 2.15. The van der Waals surface area contributed by atoms with E-state index >= 15 is 0 Å². The second-order valence-electron chi connectivity index (χ2n) is 6.16. The summed E-state index contributed by atoms with van der Waals surface area (Å²) in [6.45, 7) is 3.86. The van der Waals surface area contributed by atoms with Crippen LogP contribution in [0.4, 0.5) is 8.78 Å². The van der Waals surface area contributed by atoms with E-state index in [1.807, 2.05) is 4.98 Å². The molecule has 160 valence electrons. The number of aromatic nitrogens is 2. The maximum Gasteiger partial charge on any atom is 0.330 e. The molecule has 4 atom stereocenters. The highest BCUT2D eigenvalue weighted by molar-refractivity contribution is 7.47. The van der Waals surface area contributed by atoms with Gasteiger partial charge in [0.25, 0.3) is 11.5 Å². The molecule has 0 spiro atoms. The summed E-state index contributed by atoms with van der Waals surface area (Å²) in [5, 5.41) is 10.4. The molecule has 0 aromatic carbocycles. The topological polar surface area (TPSA) is 112 Å². The van der Waals surface area contributed by atoms with Crippen molar-refractivity contribution in [2.45, 2.75) is 50.7 Å². The summed E-state index contributed by atoms with van der Waals surface area (Å²) < 4.78 is 51.2. The highest BCUT2D eigenvalue weighted by Gasteiger charge is 2.49. The summed E-state index contributed by atoms with van der Waals surface area (Å²) in [5.74, 6) is -3.23. The van der Waals surface area contributed by atoms with E-state index in [-0.39, 0.29) is 13.2 Å². The minimum Gasteiger partial charge on any atom is -0.388 e. The molecule has 0 saturated carbocycles. The molecule has 28 heavy (non-hydrogen) atoms. The third-order valence-electron chi connectivity index (χ3n) is 4.12. The van der Waals surface area contributed by atoms with Gasteiger partial charge in [-0.1, -0.05) is 0 Å². The van der Waals surface area contributed by atoms with E-state index in [0.717, 1.165) is 16.8 Å². The number of nitrogens with zero attached hydrogens (tertiary/aromatic N) is 1. The summed E-state index contributed by atoms with van der Waals surface area (Å²) in [4.78, 5) is 25.3. The Morgan fingerprint density at radius 2 is 1.96 bits per heavy atom. The van der Waals surface area contributed by atoms with Gasteiger partial charge in [0.2, 0.25) is 0 Å². The van der Waals surface area contributed by atoms with Gasteiger partial charge in [0.05, 0.1) is 25.5 Å². The first-order valence-electron chi connectivity index (χ1n) is 8.81. The number of hydrogen-bond acceptors (Lipinski definition) is 7. The minimum atomic E-state index is -3.23. The largest absolute Gasteiger partial charge is 0.388 e. The molecule has 0 bridgehead atoms. The maximum absolute atomic E-state index is 14.5. The molecule has 4 unspecified atom stereocenters. The normalized spacial score (nSPS) is 25.5. The van der Waals surface area contributed by atoms with E-state index in [0.29, 0.717) is 0 Å². The molecule has 1 aromatic rings. The Bertz CT molecular complexity index is 738. The molecule has 0 amide bonds. The van der Waals surface area contributed by atoms with Crippen LogP contribution in [-0.2, 0) is 18.5 Å². The van der Waals surface area contributed by atoms with Gasteiger partial charge in [0, 0.05) is 25.8 Å². The molecule has 1 aliphatic heterocycles. The van der Waals surface area contributed by atoms with E-state index in [9.17, 15) is 23.5 Å². The van der Waals surface area contributed by atoms with Crippen molar-refractivity contribution in [3.05, 3.63) is 33.1 Å². The quantitative estimate of drug-likeness (QED) is 0.541. The molecule has 9 nitrogen and oxygen atoms in total. The van der Waals surface area contributed by atoms with E-state index in [2.05, 4.69) is 0 Å². The van der Waals surface area contributed by atoms with Crippen LogP contribution in [0, 0.1) is 0 Å². The predicted molar refractivity (Wildman–Crippen MR) is 96.6 cm³/mol. The average molecular weight is 426 g/mol. The fourth-order valence-corrected chi connectivity index (χ4v) is 4.30. The smallest absolute Gasteiger partial charge is 0.330 e. The van der Waals surface area contributed by atoms with Crippen LogP contribution in [0.3, 0.4) is 0 Å². The van der Waals surface area contributed by atoms with Crippen molar-refractivity contribution in [2.24, 2.45) is 0 Å². The minimum absolute atomic E-state index is 0.243. The number of methoxy groups -OCH3 is 1. The van der Waals surface area contributed by atoms with Crippen LogP contribution < -0.4 is 11.2 Å². The van der Waals surface area contributed by atoms with Crippen LogP contribution in [-0.4, -0.2) is 65.4 Å². The molecule has 0 aliphatic carbocycles. The predicted octanol–water partition coefficient (Wildman–Crippen LogP) is 1.22. The Labute approximate surface area is 161 Å². The van der Waals surface area contributed by atoms with Crippen molar-refractivity contribution in [3.63, 3.8) is 0 Å². The SMILES string of the molecule is CCOP(CC(F)(F)CC1OC(n2ccc(=O)[nH]c2=O)C(OC)C1O)OCC. The van der Waals surface area contributed by atoms with Gasteiger partial charge < -0.3 is 23.6 Å². The lowest BCUT2D eigenvalue weighted by Crippen LogP contribution is -2.39. The van der Waals surface area contributed by atoms with Crippen LogP contribution in [0.2, 0.25) is 0 Å². The average Bonchev–Trinajstić information content (AvgIpc) is 2.90. The third-order valence-corrected chi connectivity index (χ3v) is 5.93. The lowest BCUT2D eigenvalue weighted by Gasteiger charge is -2.25. The number of aromatic amines is 1. The molecular weight excluding hydrogens is 401 g/mol. The standard InChI is InChI=1S/C16H25F2N2O7P/c1-4-25-28(26-5-2)9-16(17,18)8-10-12(22)13(24-3)14(27-10)20-7-6-11(21)19-15(20)23/h6-7,10,12-14,22H,4-5,8-9H2,1-3H3,(H,19,21,23). The lowest BCUT2D eigenvalue weighted by atomic mass is 10.0. The zero-order valence-corrected chi connectivity index (χ0v) is 16.7. The van der Waals surface area contributed by atoms with E-state index < -0.39 is 62.7 Å². The first-order valence-corrected chi connectivity index (χ1v) is 10.2. The number of aliphatic hydroxyl groups is 1. The zero-order chi connectivity index (χ0) is 20.9. The van der Waals surface area contributed by atoms with Crippen molar-refractivity contribution < 1.29 is 32.4 Å². The number of H-pyrrole nitrogens is 1. The Hall–Kier alpha value is -1.23. The summed E-state index contributed by atoms with van der Waals surface area (Å²) in [6, 6.07) is 1.09. The van der Waals surface area contributed by atoms with Crippen LogP contribution in [0.1, 0.15) is 26.5 Å². The number of ether oxygens (including phenoxy) is 2. The van der Waals surface area contributed by atoms with Gasteiger partial charge in [-0.05, 0) is 13.8 Å². The summed E-state index contributed by atoms with van der Waals surface area (Å²) in [5.41, 5.74) is -1.41. The second kappa shape index (κ2) is 10.00. The van der Waals surface area contributed by atoms with Gasteiger partial charge in [-0.25, -0.2) is 13.6 Å². The van der Waals surface area contributed by atoms with Crippen LogP contribution >= 0.6 is 8.38 Å². The zero-order valence-electron chi connectivity index (χ0n) is 15.8. The second-order valence-corrected chi connectivity index (χ2v) is 7.66. The van der Waals surface area contributed by atoms with Crippen LogP contribution in [0.15, 0.2) is 21.9 Å². The van der Waals surface area contributed by atoms with Crippen LogP contribution in [0.25, 0.3) is 0 Å². The Kier molecular flexibility index (Phi) is 8.23. The monoisotopic (exact) mass is 426 g/mol. The summed E-state index contributed by atoms with van der Waals surface area (Å²) in [7, 11) is -0.506. The molecule has 2 rings (SSSR count). The number of nitrogens with one attached hydrogen (secondary N) is 1. The van der Waals surface area contributed by atoms with Crippen molar-refractivity contribution in [3.8, 4) is 0 Å². The number of hydrogen-bond donors (Lipinski definition) is 2. The van der Waals surface area contributed by atoms with Gasteiger partial charge >= 0.3 is 5.69 Å². The van der Waals surface area contributed by atoms with Gasteiger partial charge in [0.15, 0.2) is 14.6 Å². The molecular formula is C16H25F2N2O7P. The fraction of sp³-hybridized carbons (Fsp3) is 0.750. The van der Waals surface area contributed by atoms with E-state index in [4.69, 9.17) is 18.5 Å². The van der Waals surface area contributed by atoms with Gasteiger partial charge in [-0.15, -0.1) is 0 Å². The molecule has 2 N–H and O–H groups in total. The maximum atomic E-state index is 14.5. The lowest BCUT2D eigenvalue weighted by molar-refractivity contribution is -0.0864. The molecule has 12 heteroatoms. The molecule has 1 fully saturated rings. The summed E-state index contributed by atoms with van der Waals surface area (Å²) in [6.07, 6.45) is -5.20. The number of rotatable bonds is 10. The highest BCUT2D eigenvalue weighted by atomic mass is 31.2. The number of halogens is 2. The van der Waals surface area contributed by atoms with Crippen molar-refractivity contribution in [1.82, 2.24) is 9.55 Å². The molecule has 1 aromatic heterocycles. The molecule has 2 heterocycles. The summed E-state index contributed by atoms with van der Waals surface area (Å²) >= 11 is 0. The third kappa shape index (κ3) is 5.65. The number of alkyl halides is 2. The van der Waals surface area contributed by atoms with Gasteiger partial charge in [-0.3, -0.25) is 14.3 Å². The Morgan fingerprint density at radius 1 is 1.32 bits per heavy atom. The first kappa shape index (κ1) is 23.1. The van der Waals surface area contributed by atoms with E-state index in [1.165, 1.54) is 7.11 Å². The van der Waals surface area contributed by atoms with Crippen molar-refractivity contribution >= 4 is 8.38 Å². The first-order chi connectivity index (χ1) is 13.2. The van der Waals surface area contributed by atoms with Crippen molar-refractivity contribution in [2.75, 3.05) is 26.5 Å². The number of aliphatic hydroxyl groups excluding tert-OH is 1. The van der Waals surface area contributed by atoms with Gasteiger partial charge in [0.1, 0.15) is 12.2 Å². The van der Waals surface area contributed by atoms with Gasteiger partial charge in [-0.2, -0.15) is 0 Å². The highest BCUT2D eigenvalue weighted by Crippen LogP contribution is 2.46. The Morgan fingerprint density at radius 3 is 2.50 bits per heavy atom.